The van der Waals surface area contributed by atoms with E-state index in [4.69, 9.17) is 14.5 Å². The number of anilines is 1. The molecule has 6 nitrogen and oxygen atoms in total. The molecule has 7 heteroatoms. The zero-order valence-corrected chi connectivity index (χ0v) is 23.7. The van der Waals surface area contributed by atoms with E-state index >= 15 is 0 Å². The summed E-state index contributed by atoms with van der Waals surface area (Å²) in [5, 5.41) is 4.41. The molecule has 0 fully saturated rings. The smallest absolute Gasteiger partial charge is 0.341 e. The Morgan fingerprint density at radius 2 is 1.87 bits per heavy atom. The number of para-hydroxylation sites is 1. The largest absolute Gasteiger partial charge is 0.491 e. The number of carbonyl (C=O) groups is 2. The van der Waals surface area contributed by atoms with E-state index in [0.717, 1.165) is 53.5 Å². The monoisotopic (exact) mass is 542 g/mol. The highest BCUT2D eigenvalue weighted by Gasteiger charge is 2.30. The predicted molar refractivity (Wildman–Crippen MR) is 157 cm³/mol. The van der Waals surface area contributed by atoms with Gasteiger partial charge in [0.1, 0.15) is 10.8 Å². The first-order chi connectivity index (χ1) is 18.9. The van der Waals surface area contributed by atoms with Gasteiger partial charge in [-0.2, -0.15) is 0 Å². The first-order valence-corrected chi connectivity index (χ1v) is 14.5. The average Bonchev–Trinajstić information content (AvgIpc) is 3.29. The van der Waals surface area contributed by atoms with Crippen LogP contribution in [0, 0.1) is 5.92 Å². The molecular formula is C32H34N2O4S. The zero-order valence-electron chi connectivity index (χ0n) is 22.9. The van der Waals surface area contributed by atoms with Crippen LogP contribution in [0.15, 0.2) is 54.6 Å². The van der Waals surface area contributed by atoms with E-state index in [9.17, 15) is 9.59 Å². The minimum Gasteiger partial charge on any atom is -0.491 e. The molecule has 0 saturated carbocycles. The number of hydrogen-bond donors (Lipinski definition) is 1. The predicted octanol–water partition coefficient (Wildman–Crippen LogP) is 7.69. The summed E-state index contributed by atoms with van der Waals surface area (Å²) in [6.45, 7) is 8.27. The molecular weight excluding hydrogens is 508 g/mol. The van der Waals surface area contributed by atoms with Crippen molar-refractivity contribution in [2.24, 2.45) is 5.92 Å². The second kappa shape index (κ2) is 11.6. The van der Waals surface area contributed by atoms with Crippen LogP contribution >= 0.6 is 11.3 Å². The SMILES string of the molecule is CCOC(=O)c1c(NC(=O)c2cc(-c3ccc(OC(C)C)cc3)nc3ccccc23)sc2c1CCC(CC)C2. The lowest BCUT2D eigenvalue weighted by atomic mass is 9.85. The summed E-state index contributed by atoms with van der Waals surface area (Å²) >= 11 is 1.51. The van der Waals surface area contributed by atoms with Crippen molar-refractivity contribution >= 4 is 39.1 Å². The van der Waals surface area contributed by atoms with Crippen LogP contribution in [0.5, 0.6) is 5.75 Å². The summed E-state index contributed by atoms with van der Waals surface area (Å²) in [4.78, 5) is 32.9. The number of carbonyl (C=O) groups excluding carboxylic acids is 2. The molecule has 2 heterocycles. The third kappa shape index (κ3) is 5.69. The Labute approximate surface area is 233 Å². The average molecular weight is 543 g/mol. The number of rotatable bonds is 8. The lowest BCUT2D eigenvalue weighted by Gasteiger charge is -2.20. The quantitative estimate of drug-likeness (QED) is 0.231. The number of aromatic nitrogens is 1. The first kappa shape index (κ1) is 26.9. The molecule has 39 heavy (non-hydrogen) atoms. The number of fused-ring (bicyclic) bond motifs is 2. The Kier molecular flexibility index (Phi) is 7.98. The van der Waals surface area contributed by atoms with E-state index < -0.39 is 0 Å². The van der Waals surface area contributed by atoms with Crippen molar-refractivity contribution in [3.63, 3.8) is 0 Å². The van der Waals surface area contributed by atoms with Crippen molar-refractivity contribution in [2.75, 3.05) is 11.9 Å². The van der Waals surface area contributed by atoms with E-state index in [1.807, 2.05) is 68.4 Å². The minimum atomic E-state index is -0.371. The van der Waals surface area contributed by atoms with Gasteiger partial charge in [0.2, 0.25) is 0 Å². The van der Waals surface area contributed by atoms with Crippen LogP contribution in [0.1, 0.15) is 71.7 Å². The van der Waals surface area contributed by atoms with Crippen molar-refractivity contribution in [3.05, 3.63) is 76.2 Å². The Balaban J connectivity index is 1.53. The number of pyridine rings is 1. The lowest BCUT2D eigenvalue weighted by molar-refractivity contribution is 0.0526. The van der Waals surface area contributed by atoms with Crippen LogP contribution in [-0.2, 0) is 17.6 Å². The highest BCUT2D eigenvalue weighted by atomic mass is 32.1. The minimum absolute atomic E-state index is 0.0835. The highest BCUT2D eigenvalue weighted by Crippen LogP contribution is 2.41. The van der Waals surface area contributed by atoms with Gasteiger partial charge in [0.05, 0.1) is 35.0 Å². The maximum atomic E-state index is 13.8. The normalized spacial score (nSPS) is 14.7. The summed E-state index contributed by atoms with van der Waals surface area (Å²) in [7, 11) is 0. The van der Waals surface area contributed by atoms with Crippen LogP contribution in [0.3, 0.4) is 0 Å². The number of nitrogens with one attached hydrogen (secondary N) is 1. The molecule has 0 radical (unpaired) electrons. The van der Waals surface area contributed by atoms with Crippen molar-refractivity contribution < 1.29 is 19.1 Å². The van der Waals surface area contributed by atoms with Crippen LogP contribution in [0.4, 0.5) is 5.00 Å². The number of hydrogen-bond acceptors (Lipinski definition) is 6. The number of esters is 1. The van der Waals surface area contributed by atoms with Crippen molar-refractivity contribution in [2.45, 2.75) is 59.5 Å². The number of ether oxygens (including phenoxy) is 2. The molecule has 0 saturated heterocycles. The van der Waals surface area contributed by atoms with Gasteiger partial charge >= 0.3 is 5.97 Å². The van der Waals surface area contributed by atoms with Gasteiger partial charge in [-0.05, 0) is 87.9 Å². The summed E-state index contributed by atoms with van der Waals surface area (Å²) in [6.07, 6.45) is 3.98. The summed E-state index contributed by atoms with van der Waals surface area (Å²) in [5.41, 5.74) is 4.35. The molecule has 1 aliphatic rings. The number of amides is 1. The standard InChI is InChI=1S/C32H34N2O4S/c1-5-20-11-16-24-28(17-20)39-31(29(24)32(36)37-6-2)34-30(35)25-18-27(33-26-10-8-7-9-23(25)26)21-12-14-22(15-13-21)38-19(3)4/h7-10,12-15,18-20H,5-6,11,16-17H2,1-4H3,(H,34,35). The van der Waals surface area contributed by atoms with Crippen molar-refractivity contribution in [3.8, 4) is 17.0 Å². The number of thiophene rings is 1. The molecule has 4 aromatic rings. The number of nitrogens with zero attached hydrogens (tertiary/aromatic N) is 1. The molecule has 202 valence electrons. The van der Waals surface area contributed by atoms with Crippen LogP contribution in [0.25, 0.3) is 22.2 Å². The molecule has 0 spiro atoms. The van der Waals surface area contributed by atoms with Crippen LogP contribution < -0.4 is 10.1 Å². The van der Waals surface area contributed by atoms with Gasteiger partial charge in [-0.1, -0.05) is 31.5 Å². The summed E-state index contributed by atoms with van der Waals surface area (Å²) < 4.78 is 11.2. The Morgan fingerprint density at radius 3 is 2.59 bits per heavy atom. The summed E-state index contributed by atoms with van der Waals surface area (Å²) in [5.74, 6) is 0.736. The molecule has 0 aliphatic heterocycles. The fourth-order valence-corrected chi connectivity index (χ4v) is 6.51. The van der Waals surface area contributed by atoms with Crippen molar-refractivity contribution in [1.82, 2.24) is 4.98 Å². The topological polar surface area (TPSA) is 77.5 Å². The molecule has 1 aliphatic carbocycles. The van der Waals surface area contributed by atoms with Crippen molar-refractivity contribution in [1.29, 1.82) is 0 Å². The zero-order chi connectivity index (χ0) is 27.5. The molecule has 5 rings (SSSR count). The Bertz CT molecular complexity index is 1510. The molecule has 1 amide bonds. The maximum absolute atomic E-state index is 13.8. The van der Waals surface area contributed by atoms with Crippen LogP contribution in [-0.4, -0.2) is 29.6 Å². The van der Waals surface area contributed by atoms with Gasteiger partial charge in [0.25, 0.3) is 5.91 Å². The molecule has 2 aromatic heterocycles. The maximum Gasteiger partial charge on any atom is 0.341 e. The van der Waals surface area contributed by atoms with Gasteiger partial charge in [-0.3, -0.25) is 4.79 Å². The second-order valence-corrected chi connectivity index (χ2v) is 11.3. The fraction of sp³-hybridized carbons (Fsp3) is 0.344. The molecule has 1 atom stereocenters. The van der Waals surface area contributed by atoms with E-state index in [-0.39, 0.29) is 24.6 Å². The van der Waals surface area contributed by atoms with E-state index in [2.05, 4.69) is 12.2 Å². The number of benzene rings is 2. The van der Waals surface area contributed by atoms with E-state index in [1.165, 1.54) is 16.2 Å². The fourth-order valence-electron chi connectivity index (χ4n) is 5.17. The third-order valence-corrected chi connectivity index (χ3v) is 8.30. The first-order valence-electron chi connectivity index (χ1n) is 13.7. The molecule has 1 N–H and O–H groups in total. The summed E-state index contributed by atoms with van der Waals surface area (Å²) in [6, 6.07) is 17.2. The van der Waals surface area contributed by atoms with E-state index in [1.54, 1.807) is 6.92 Å². The lowest BCUT2D eigenvalue weighted by Crippen LogP contribution is -2.17. The van der Waals surface area contributed by atoms with E-state index in [0.29, 0.717) is 27.7 Å². The van der Waals surface area contributed by atoms with Gasteiger partial charge in [-0.25, -0.2) is 9.78 Å². The second-order valence-electron chi connectivity index (χ2n) is 10.2. The van der Waals surface area contributed by atoms with Gasteiger partial charge < -0.3 is 14.8 Å². The molecule has 0 bridgehead atoms. The molecule has 1 unspecified atom stereocenters. The Morgan fingerprint density at radius 1 is 1.10 bits per heavy atom. The van der Waals surface area contributed by atoms with Gasteiger partial charge in [-0.15, -0.1) is 11.3 Å². The van der Waals surface area contributed by atoms with Gasteiger partial charge in [0, 0.05) is 15.8 Å². The van der Waals surface area contributed by atoms with Gasteiger partial charge in [0.15, 0.2) is 0 Å². The molecule has 2 aromatic carbocycles. The van der Waals surface area contributed by atoms with Crippen LogP contribution in [0.2, 0.25) is 0 Å². The highest BCUT2D eigenvalue weighted by molar-refractivity contribution is 7.17. The Hall–Kier alpha value is -3.71. The third-order valence-electron chi connectivity index (χ3n) is 7.13.